The molecule has 7 heteroatoms. The molecule has 2 aromatic rings. The number of nitrogens with zero attached hydrogens (tertiary/aromatic N) is 3. The van der Waals surface area contributed by atoms with Gasteiger partial charge < -0.3 is 20.3 Å². The van der Waals surface area contributed by atoms with Crippen molar-refractivity contribution in [1.82, 2.24) is 15.2 Å². The van der Waals surface area contributed by atoms with Crippen molar-refractivity contribution < 1.29 is 14.9 Å². The summed E-state index contributed by atoms with van der Waals surface area (Å²) in [5.74, 6) is 0.966. The van der Waals surface area contributed by atoms with Crippen LogP contribution in [0.2, 0.25) is 0 Å². The number of hydrogen-bond donors (Lipinski definition) is 3. The van der Waals surface area contributed by atoms with Crippen LogP contribution < -0.4 is 5.32 Å². The Morgan fingerprint density at radius 2 is 2.04 bits per heavy atom. The molecular weight excluding hydrogens is 320 g/mol. The van der Waals surface area contributed by atoms with E-state index in [9.17, 15) is 10.2 Å². The van der Waals surface area contributed by atoms with Crippen LogP contribution in [0.3, 0.4) is 0 Å². The standard InChI is InChI=1S/C18H22N4O3/c1-10-2-5-12(14(23)8-10)17-16(11-3-4-11)20-18(22-21-17)19-13-6-7-25-9-15(13)24/h2,5,8,11,13,15,23-24H,3-4,6-7,9H2,1H3,(H,19,20,22)/t13-,15-/m1/s1. The molecule has 0 bridgehead atoms. The van der Waals surface area contributed by atoms with Crippen LogP contribution in [0, 0.1) is 6.92 Å². The predicted molar refractivity (Wildman–Crippen MR) is 92.5 cm³/mol. The summed E-state index contributed by atoms with van der Waals surface area (Å²) in [7, 11) is 0. The minimum absolute atomic E-state index is 0.138. The van der Waals surface area contributed by atoms with E-state index in [1.807, 2.05) is 19.1 Å². The number of nitrogens with one attached hydrogen (secondary N) is 1. The van der Waals surface area contributed by atoms with Crippen molar-refractivity contribution in [2.45, 2.75) is 44.2 Å². The summed E-state index contributed by atoms with van der Waals surface area (Å²) in [6, 6.07) is 5.38. The SMILES string of the molecule is Cc1ccc(-c2nnc(N[C@@H]3CCOC[C@H]3O)nc2C2CC2)c(O)c1. The van der Waals surface area contributed by atoms with Gasteiger partial charge in [-0.3, -0.25) is 0 Å². The molecule has 1 saturated carbocycles. The fourth-order valence-electron chi connectivity index (χ4n) is 3.13. The molecular formula is C18H22N4O3. The highest BCUT2D eigenvalue weighted by Gasteiger charge is 2.31. The van der Waals surface area contributed by atoms with Crippen molar-refractivity contribution in [3.05, 3.63) is 29.5 Å². The number of rotatable bonds is 4. The third-order valence-electron chi connectivity index (χ3n) is 4.73. The second-order valence-corrected chi connectivity index (χ2v) is 6.85. The lowest BCUT2D eigenvalue weighted by molar-refractivity contribution is -0.0136. The van der Waals surface area contributed by atoms with E-state index in [1.54, 1.807) is 6.07 Å². The fourth-order valence-corrected chi connectivity index (χ4v) is 3.13. The zero-order valence-electron chi connectivity index (χ0n) is 14.1. The number of anilines is 1. The number of phenols is 1. The number of aliphatic hydroxyl groups is 1. The molecule has 4 rings (SSSR count). The Labute approximate surface area is 146 Å². The summed E-state index contributed by atoms with van der Waals surface area (Å²) < 4.78 is 5.25. The highest BCUT2D eigenvalue weighted by Crippen LogP contribution is 2.44. The minimum Gasteiger partial charge on any atom is -0.507 e. The molecule has 0 unspecified atom stereocenters. The molecule has 2 atom stereocenters. The van der Waals surface area contributed by atoms with Crippen molar-refractivity contribution >= 4 is 5.95 Å². The van der Waals surface area contributed by atoms with Crippen molar-refractivity contribution in [3.63, 3.8) is 0 Å². The first-order valence-electron chi connectivity index (χ1n) is 8.69. The van der Waals surface area contributed by atoms with E-state index in [2.05, 4.69) is 20.5 Å². The van der Waals surface area contributed by atoms with Gasteiger partial charge in [0, 0.05) is 18.1 Å². The van der Waals surface area contributed by atoms with E-state index < -0.39 is 6.10 Å². The molecule has 0 radical (unpaired) electrons. The predicted octanol–water partition coefficient (Wildman–Crippen LogP) is 1.99. The highest BCUT2D eigenvalue weighted by molar-refractivity contribution is 5.70. The zero-order valence-corrected chi connectivity index (χ0v) is 14.1. The summed E-state index contributed by atoms with van der Waals surface area (Å²) in [4.78, 5) is 4.66. The number of aromatic nitrogens is 3. The molecule has 0 amide bonds. The fraction of sp³-hybridized carbons (Fsp3) is 0.500. The molecule has 7 nitrogen and oxygen atoms in total. The van der Waals surface area contributed by atoms with Crippen LogP contribution in [0.25, 0.3) is 11.3 Å². The Balaban J connectivity index is 1.65. The van der Waals surface area contributed by atoms with E-state index in [0.29, 0.717) is 42.8 Å². The summed E-state index contributed by atoms with van der Waals surface area (Å²) in [6.45, 7) is 2.85. The second kappa shape index (κ2) is 6.57. The third kappa shape index (κ3) is 3.43. The largest absolute Gasteiger partial charge is 0.507 e. The Bertz CT molecular complexity index is 779. The lowest BCUT2D eigenvalue weighted by atomic mass is 10.0. The maximum Gasteiger partial charge on any atom is 0.243 e. The van der Waals surface area contributed by atoms with Crippen LogP contribution in [0.4, 0.5) is 5.95 Å². The topological polar surface area (TPSA) is 100 Å². The quantitative estimate of drug-likeness (QED) is 0.781. The van der Waals surface area contributed by atoms with Gasteiger partial charge in [-0.05, 0) is 43.9 Å². The Kier molecular flexibility index (Phi) is 4.27. The summed E-state index contributed by atoms with van der Waals surface area (Å²) in [5.41, 5.74) is 3.14. The van der Waals surface area contributed by atoms with Gasteiger partial charge in [-0.2, -0.15) is 0 Å². The van der Waals surface area contributed by atoms with Gasteiger partial charge in [-0.25, -0.2) is 4.98 Å². The summed E-state index contributed by atoms with van der Waals surface area (Å²) in [6.07, 6.45) is 2.25. The average molecular weight is 342 g/mol. The minimum atomic E-state index is -0.581. The first-order chi connectivity index (χ1) is 12.1. The van der Waals surface area contributed by atoms with E-state index in [0.717, 1.165) is 24.1 Å². The number of aromatic hydroxyl groups is 1. The van der Waals surface area contributed by atoms with E-state index >= 15 is 0 Å². The second-order valence-electron chi connectivity index (χ2n) is 6.85. The lowest BCUT2D eigenvalue weighted by Gasteiger charge is -2.28. The smallest absolute Gasteiger partial charge is 0.243 e. The van der Waals surface area contributed by atoms with E-state index in [4.69, 9.17) is 4.74 Å². The van der Waals surface area contributed by atoms with Crippen LogP contribution in [0.1, 0.15) is 36.4 Å². The van der Waals surface area contributed by atoms with E-state index in [1.165, 1.54) is 0 Å². The van der Waals surface area contributed by atoms with Gasteiger partial charge in [0.25, 0.3) is 0 Å². The molecule has 3 N–H and O–H groups in total. The van der Waals surface area contributed by atoms with Crippen molar-refractivity contribution in [2.75, 3.05) is 18.5 Å². The van der Waals surface area contributed by atoms with E-state index in [-0.39, 0.29) is 11.8 Å². The molecule has 1 aromatic heterocycles. The maximum atomic E-state index is 10.3. The molecule has 132 valence electrons. The monoisotopic (exact) mass is 342 g/mol. The maximum absolute atomic E-state index is 10.3. The number of benzene rings is 1. The normalized spacial score (nSPS) is 23.4. The van der Waals surface area contributed by atoms with Crippen molar-refractivity contribution in [2.24, 2.45) is 0 Å². The number of phenolic OH excluding ortho intramolecular Hbond substituents is 1. The molecule has 1 aromatic carbocycles. The van der Waals surface area contributed by atoms with Crippen LogP contribution in [-0.2, 0) is 4.74 Å². The zero-order chi connectivity index (χ0) is 17.4. The summed E-state index contributed by atoms with van der Waals surface area (Å²) >= 11 is 0. The van der Waals surface area contributed by atoms with Gasteiger partial charge >= 0.3 is 0 Å². The Morgan fingerprint density at radius 3 is 2.76 bits per heavy atom. The Hall–Kier alpha value is -2.25. The van der Waals surface area contributed by atoms with Gasteiger partial charge in [0.2, 0.25) is 5.95 Å². The van der Waals surface area contributed by atoms with Gasteiger partial charge in [0.1, 0.15) is 11.4 Å². The van der Waals surface area contributed by atoms with Gasteiger partial charge in [0.05, 0.1) is 24.4 Å². The van der Waals surface area contributed by atoms with Crippen LogP contribution >= 0.6 is 0 Å². The summed E-state index contributed by atoms with van der Waals surface area (Å²) in [5, 5.41) is 32.0. The van der Waals surface area contributed by atoms with Gasteiger partial charge in [-0.15, -0.1) is 10.2 Å². The molecule has 2 aliphatic rings. The molecule has 1 aliphatic carbocycles. The van der Waals surface area contributed by atoms with Gasteiger partial charge in [-0.1, -0.05) is 6.07 Å². The molecule has 25 heavy (non-hydrogen) atoms. The lowest BCUT2D eigenvalue weighted by Crippen LogP contribution is -2.42. The molecule has 1 aliphatic heterocycles. The number of aliphatic hydroxyl groups excluding tert-OH is 1. The number of hydrogen-bond acceptors (Lipinski definition) is 7. The van der Waals surface area contributed by atoms with Crippen LogP contribution in [0.5, 0.6) is 5.75 Å². The number of aryl methyl sites for hydroxylation is 1. The van der Waals surface area contributed by atoms with Gasteiger partial charge in [0.15, 0.2) is 0 Å². The molecule has 0 spiro atoms. The molecule has 1 saturated heterocycles. The molecule has 2 fully saturated rings. The number of ether oxygens (including phenoxy) is 1. The Morgan fingerprint density at radius 1 is 1.20 bits per heavy atom. The first kappa shape index (κ1) is 16.2. The first-order valence-corrected chi connectivity index (χ1v) is 8.69. The van der Waals surface area contributed by atoms with Crippen molar-refractivity contribution in [1.29, 1.82) is 0 Å². The third-order valence-corrected chi connectivity index (χ3v) is 4.73. The van der Waals surface area contributed by atoms with Crippen LogP contribution in [0.15, 0.2) is 18.2 Å². The van der Waals surface area contributed by atoms with Crippen molar-refractivity contribution in [3.8, 4) is 17.0 Å². The molecule has 2 heterocycles. The van der Waals surface area contributed by atoms with Crippen LogP contribution in [-0.4, -0.2) is 50.8 Å². The average Bonchev–Trinajstić information content (AvgIpc) is 3.42. The highest BCUT2D eigenvalue weighted by atomic mass is 16.5.